The smallest absolute Gasteiger partial charge is 0.338 e. The Bertz CT molecular complexity index is 857. The van der Waals surface area contributed by atoms with Crippen molar-refractivity contribution in [3.63, 3.8) is 0 Å². The van der Waals surface area contributed by atoms with Crippen LogP contribution in [-0.4, -0.2) is 36.0 Å². The molecule has 0 spiro atoms. The van der Waals surface area contributed by atoms with E-state index in [9.17, 15) is 9.36 Å². The van der Waals surface area contributed by atoms with Crippen LogP contribution in [0.4, 0.5) is 5.82 Å². The molecule has 1 aromatic carbocycles. The molecular formula is C17H23N4O4P. The van der Waals surface area contributed by atoms with E-state index in [1.165, 1.54) is 4.57 Å². The van der Waals surface area contributed by atoms with Crippen molar-refractivity contribution in [2.75, 3.05) is 25.6 Å². The van der Waals surface area contributed by atoms with Gasteiger partial charge in [0.25, 0.3) is 5.56 Å². The number of para-hydroxylation sites is 1. The number of hydrogen-bond donors (Lipinski definition) is 2. The SMILES string of the molecule is CCOP(=O)(Cc1nc(NC)c(C=N)c(=O)n1-c1ccccc1)OCC. The Morgan fingerprint density at radius 2 is 1.85 bits per heavy atom. The average Bonchev–Trinajstić information content (AvgIpc) is 2.62. The highest BCUT2D eigenvalue weighted by molar-refractivity contribution is 7.53. The molecule has 0 aliphatic rings. The third-order valence-electron chi connectivity index (χ3n) is 3.57. The van der Waals surface area contributed by atoms with E-state index in [-0.39, 0.29) is 36.6 Å². The van der Waals surface area contributed by atoms with E-state index in [0.717, 1.165) is 6.21 Å². The van der Waals surface area contributed by atoms with Crippen LogP contribution in [0.1, 0.15) is 25.2 Å². The summed E-state index contributed by atoms with van der Waals surface area (Å²) in [5, 5.41) is 10.4. The first-order valence-corrected chi connectivity index (χ1v) is 10.00. The summed E-state index contributed by atoms with van der Waals surface area (Å²) < 4.78 is 25.0. The summed E-state index contributed by atoms with van der Waals surface area (Å²) in [7, 11) is -1.86. The van der Waals surface area contributed by atoms with E-state index in [1.54, 1.807) is 45.2 Å². The van der Waals surface area contributed by atoms with Gasteiger partial charge in [-0.25, -0.2) is 4.98 Å². The van der Waals surface area contributed by atoms with Crippen LogP contribution in [0.2, 0.25) is 0 Å². The normalized spacial score (nSPS) is 11.3. The predicted molar refractivity (Wildman–Crippen MR) is 102 cm³/mol. The minimum atomic E-state index is -3.47. The summed E-state index contributed by atoms with van der Waals surface area (Å²) in [6.07, 6.45) is 0.792. The molecule has 2 aromatic rings. The highest BCUT2D eigenvalue weighted by atomic mass is 31.2. The monoisotopic (exact) mass is 378 g/mol. The number of anilines is 1. The number of nitrogens with one attached hydrogen (secondary N) is 2. The zero-order valence-corrected chi connectivity index (χ0v) is 16.0. The summed E-state index contributed by atoms with van der Waals surface area (Å²) in [5.41, 5.74) is 0.244. The maximum atomic E-state index is 13.0. The molecule has 0 aliphatic carbocycles. The molecule has 0 unspecified atom stereocenters. The summed E-state index contributed by atoms with van der Waals surface area (Å²) in [4.78, 5) is 17.4. The second-order valence-electron chi connectivity index (χ2n) is 5.27. The Balaban J connectivity index is 2.71. The second kappa shape index (κ2) is 8.89. The molecule has 1 heterocycles. The summed E-state index contributed by atoms with van der Waals surface area (Å²) in [6, 6.07) is 8.88. The number of hydrogen-bond acceptors (Lipinski definition) is 7. The molecular weight excluding hydrogens is 355 g/mol. The van der Waals surface area contributed by atoms with E-state index in [2.05, 4.69) is 10.3 Å². The molecule has 8 nitrogen and oxygen atoms in total. The molecule has 0 radical (unpaired) electrons. The first-order valence-electron chi connectivity index (χ1n) is 8.27. The summed E-state index contributed by atoms with van der Waals surface area (Å²) in [6.45, 7) is 3.87. The van der Waals surface area contributed by atoms with Crippen LogP contribution in [-0.2, 0) is 19.8 Å². The van der Waals surface area contributed by atoms with Crippen LogP contribution < -0.4 is 10.9 Å². The third-order valence-corrected chi connectivity index (χ3v) is 5.54. The average molecular weight is 378 g/mol. The Morgan fingerprint density at radius 3 is 2.35 bits per heavy atom. The quantitative estimate of drug-likeness (QED) is 0.513. The maximum Gasteiger partial charge on any atom is 0.338 e. The van der Waals surface area contributed by atoms with Crippen molar-refractivity contribution in [2.45, 2.75) is 20.0 Å². The van der Waals surface area contributed by atoms with Crippen molar-refractivity contribution in [3.8, 4) is 5.69 Å². The van der Waals surface area contributed by atoms with Gasteiger partial charge in [0.05, 0.1) is 18.9 Å². The molecule has 0 aliphatic heterocycles. The van der Waals surface area contributed by atoms with E-state index in [1.807, 2.05) is 6.07 Å². The van der Waals surface area contributed by atoms with Gasteiger partial charge in [0, 0.05) is 13.3 Å². The Kier molecular flexibility index (Phi) is 6.85. The van der Waals surface area contributed by atoms with Gasteiger partial charge in [-0.05, 0) is 26.0 Å². The largest absolute Gasteiger partial charge is 0.372 e. The lowest BCUT2D eigenvalue weighted by Crippen LogP contribution is -2.28. The van der Waals surface area contributed by atoms with Crippen LogP contribution in [0.3, 0.4) is 0 Å². The van der Waals surface area contributed by atoms with Crippen LogP contribution >= 0.6 is 7.60 Å². The van der Waals surface area contributed by atoms with Crippen molar-refractivity contribution in [1.29, 1.82) is 5.41 Å². The minimum Gasteiger partial charge on any atom is -0.372 e. The molecule has 0 saturated carbocycles. The number of rotatable bonds is 9. The fourth-order valence-corrected chi connectivity index (χ4v) is 4.15. The number of nitrogens with zero attached hydrogens (tertiary/aromatic N) is 2. The summed E-state index contributed by atoms with van der Waals surface area (Å²) >= 11 is 0. The van der Waals surface area contributed by atoms with Gasteiger partial charge in [-0.1, -0.05) is 18.2 Å². The first kappa shape index (κ1) is 20.0. The lowest BCUT2D eigenvalue weighted by molar-refractivity contribution is 0.218. The molecule has 0 atom stereocenters. The number of aromatic nitrogens is 2. The van der Waals surface area contributed by atoms with Crippen molar-refractivity contribution >= 4 is 19.6 Å². The van der Waals surface area contributed by atoms with Crippen LogP contribution in [0.5, 0.6) is 0 Å². The first-order chi connectivity index (χ1) is 12.5. The van der Waals surface area contributed by atoms with Crippen LogP contribution in [0.15, 0.2) is 35.1 Å². The van der Waals surface area contributed by atoms with Crippen LogP contribution in [0, 0.1) is 5.41 Å². The van der Waals surface area contributed by atoms with E-state index in [0.29, 0.717) is 5.69 Å². The zero-order valence-electron chi connectivity index (χ0n) is 15.1. The van der Waals surface area contributed by atoms with Gasteiger partial charge >= 0.3 is 7.60 Å². The Morgan fingerprint density at radius 1 is 1.23 bits per heavy atom. The van der Waals surface area contributed by atoms with Gasteiger partial charge in [0.15, 0.2) is 0 Å². The molecule has 1 aromatic heterocycles. The Labute approximate surface area is 152 Å². The molecule has 0 fully saturated rings. The van der Waals surface area contributed by atoms with Gasteiger partial charge < -0.3 is 19.8 Å². The maximum absolute atomic E-state index is 13.0. The highest BCUT2D eigenvalue weighted by Crippen LogP contribution is 2.51. The van der Waals surface area contributed by atoms with Crippen LogP contribution in [0.25, 0.3) is 5.69 Å². The third kappa shape index (κ3) is 4.27. The lowest BCUT2D eigenvalue weighted by atomic mass is 10.2. The minimum absolute atomic E-state index is 0.114. The van der Waals surface area contributed by atoms with E-state index >= 15 is 0 Å². The second-order valence-corrected chi connectivity index (χ2v) is 7.32. The molecule has 140 valence electrons. The highest BCUT2D eigenvalue weighted by Gasteiger charge is 2.28. The predicted octanol–water partition coefficient (Wildman–Crippen LogP) is 3.04. The van der Waals surface area contributed by atoms with Gasteiger partial charge in [-0.15, -0.1) is 0 Å². The van der Waals surface area contributed by atoms with Crippen molar-refractivity contribution in [1.82, 2.24) is 9.55 Å². The molecule has 2 rings (SSSR count). The van der Waals surface area contributed by atoms with Crippen molar-refractivity contribution < 1.29 is 13.6 Å². The molecule has 0 amide bonds. The molecule has 0 bridgehead atoms. The van der Waals surface area contributed by atoms with Crippen molar-refractivity contribution in [3.05, 3.63) is 52.1 Å². The number of benzene rings is 1. The fraction of sp³-hybridized carbons (Fsp3) is 0.353. The lowest BCUT2D eigenvalue weighted by Gasteiger charge is -2.20. The molecule has 26 heavy (non-hydrogen) atoms. The standard InChI is InChI=1S/C17H23N4O4P/c1-4-24-26(23,25-5-2)12-15-20-16(19-3)14(11-18)17(22)21(15)13-9-7-6-8-10-13/h6-11,18-19H,4-5,12H2,1-3H3. The van der Waals surface area contributed by atoms with Gasteiger partial charge in [-0.3, -0.25) is 13.9 Å². The molecule has 0 saturated heterocycles. The Hall–Kier alpha value is -2.28. The zero-order chi connectivity index (χ0) is 19.2. The molecule has 2 N–H and O–H groups in total. The topological polar surface area (TPSA) is 106 Å². The van der Waals surface area contributed by atoms with Gasteiger partial charge in [0.1, 0.15) is 23.4 Å². The van der Waals surface area contributed by atoms with Gasteiger partial charge in [0.2, 0.25) is 0 Å². The van der Waals surface area contributed by atoms with E-state index in [4.69, 9.17) is 14.5 Å². The van der Waals surface area contributed by atoms with Gasteiger partial charge in [-0.2, -0.15) is 0 Å². The van der Waals surface area contributed by atoms with Crippen molar-refractivity contribution in [2.24, 2.45) is 0 Å². The fourth-order valence-electron chi connectivity index (χ4n) is 2.54. The van der Waals surface area contributed by atoms with E-state index < -0.39 is 13.2 Å². The molecule has 9 heteroatoms. The summed E-state index contributed by atoms with van der Waals surface area (Å²) in [5.74, 6) is 0.480.